The molecule has 0 aromatic heterocycles. The maximum Gasteiger partial charge on any atom is 0.338 e. The number of methoxy groups -OCH3 is 2. The van der Waals surface area contributed by atoms with Crippen LogP contribution < -0.4 is 9.47 Å². The van der Waals surface area contributed by atoms with Gasteiger partial charge in [0.05, 0.1) is 30.3 Å². The molecule has 11 heteroatoms. The molecule has 0 saturated carbocycles. The molecule has 0 N–H and O–H groups in total. The fraction of sp³-hybridized carbons (Fsp3) is 0.222. The minimum Gasteiger partial charge on any atom is -0.497 e. The van der Waals surface area contributed by atoms with Gasteiger partial charge < -0.3 is 14.2 Å². The molecule has 0 aliphatic heterocycles. The number of ketones is 1. The molecule has 0 heterocycles. The van der Waals surface area contributed by atoms with Gasteiger partial charge in [0.25, 0.3) is 5.69 Å². The summed E-state index contributed by atoms with van der Waals surface area (Å²) in [6, 6.07) is 7.32. The van der Waals surface area contributed by atoms with Crippen molar-refractivity contribution >= 4 is 27.3 Å². The van der Waals surface area contributed by atoms with Gasteiger partial charge in [-0.1, -0.05) is 0 Å². The molecule has 2 aromatic carbocycles. The van der Waals surface area contributed by atoms with Crippen molar-refractivity contribution < 1.29 is 37.1 Å². The van der Waals surface area contributed by atoms with Crippen molar-refractivity contribution in [3.05, 3.63) is 57.6 Å². The second kappa shape index (κ2) is 8.69. The first-order valence-corrected chi connectivity index (χ1v) is 9.88. The quantitative estimate of drug-likeness (QED) is 0.270. The number of benzene rings is 2. The van der Waals surface area contributed by atoms with Crippen LogP contribution >= 0.6 is 0 Å². The Morgan fingerprint density at radius 1 is 1.07 bits per heavy atom. The van der Waals surface area contributed by atoms with Crippen LogP contribution in [0.25, 0.3) is 0 Å². The first-order valence-electron chi connectivity index (χ1n) is 7.99. The van der Waals surface area contributed by atoms with Crippen molar-refractivity contribution in [1.82, 2.24) is 0 Å². The average molecular weight is 423 g/mol. The van der Waals surface area contributed by atoms with Crippen molar-refractivity contribution in [2.24, 2.45) is 0 Å². The number of carbonyl (C=O) groups is 2. The summed E-state index contributed by atoms with van der Waals surface area (Å²) >= 11 is 0. The maximum atomic E-state index is 12.4. The molecule has 29 heavy (non-hydrogen) atoms. The molecule has 0 aliphatic rings. The van der Waals surface area contributed by atoms with E-state index in [-0.39, 0.29) is 16.9 Å². The zero-order valence-electron chi connectivity index (χ0n) is 15.7. The Bertz CT molecular complexity index is 1080. The Morgan fingerprint density at radius 3 is 2.31 bits per heavy atom. The summed E-state index contributed by atoms with van der Waals surface area (Å²) in [5.74, 6) is -0.966. The lowest BCUT2D eigenvalue weighted by atomic mass is 10.1. The molecule has 10 nitrogen and oxygen atoms in total. The standard InChI is InChI=1S/C18H17NO9S/c1-26-12-5-6-16(27-2)13(9-12)15(20)10-28-18(21)11-4-7-17(29(3,24)25)14(8-11)19(22)23/h4-9H,10H2,1-3H3. The second-order valence-corrected chi connectivity index (χ2v) is 7.76. The summed E-state index contributed by atoms with van der Waals surface area (Å²) in [4.78, 5) is 34.3. The van der Waals surface area contributed by atoms with Crippen LogP contribution in [0.1, 0.15) is 20.7 Å². The minimum absolute atomic E-state index is 0.123. The highest BCUT2D eigenvalue weighted by molar-refractivity contribution is 7.90. The van der Waals surface area contributed by atoms with Crippen molar-refractivity contribution in [1.29, 1.82) is 0 Å². The van der Waals surface area contributed by atoms with E-state index in [4.69, 9.17) is 14.2 Å². The number of ether oxygens (including phenoxy) is 3. The van der Waals surface area contributed by atoms with Gasteiger partial charge in [-0.05, 0) is 30.3 Å². The van der Waals surface area contributed by atoms with Crippen LogP contribution in [0.15, 0.2) is 41.3 Å². The number of carbonyl (C=O) groups excluding carboxylic acids is 2. The molecule has 0 fully saturated rings. The van der Waals surface area contributed by atoms with E-state index in [1.807, 2.05) is 0 Å². The first-order chi connectivity index (χ1) is 13.6. The number of nitro groups is 1. The van der Waals surface area contributed by atoms with E-state index in [1.165, 1.54) is 26.4 Å². The van der Waals surface area contributed by atoms with E-state index < -0.39 is 43.7 Å². The number of sulfone groups is 1. The summed E-state index contributed by atoms with van der Waals surface area (Å²) < 4.78 is 38.3. The molecule has 0 amide bonds. The third-order valence-corrected chi connectivity index (χ3v) is 4.98. The third kappa shape index (κ3) is 5.08. The molecule has 154 valence electrons. The Balaban J connectivity index is 2.22. The Kier molecular flexibility index (Phi) is 6.54. The van der Waals surface area contributed by atoms with E-state index in [0.29, 0.717) is 5.75 Å². The molecular weight excluding hydrogens is 406 g/mol. The molecule has 2 rings (SSSR count). The molecule has 2 aromatic rings. The number of nitrogens with zero attached hydrogens (tertiary/aromatic N) is 1. The SMILES string of the molecule is COc1ccc(OC)c(C(=O)COC(=O)c2ccc(S(C)(=O)=O)c([N+](=O)[O-])c2)c1. The van der Waals surface area contributed by atoms with Gasteiger partial charge in [0, 0.05) is 12.3 Å². The lowest BCUT2D eigenvalue weighted by Gasteiger charge is -2.10. The van der Waals surface area contributed by atoms with Gasteiger partial charge in [0.2, 0.25) is 5.78 Å². The van der Waals surface area contributed by atoms with Crippen LogP contribution in [-0.4, -0.2) is 52.2 Å². The van der Waals surface area contributed by atoms with Gasteiger partial charge in [-0.15, -0.1) is 0 Å². The first kappa shape index (κ1) is 21.8. The fourth-order valence-electron chi connectivity index (χ4n) is 2.42. The summed E-state index contributed by atoms with van der Waals surface area (Å²) in [6.45, 7) is -0.663. The molecule has 0 unspecified atom stereocenters. The van der Waals surface area contributed by atoms with Crippen molar-refractivity contribution in [3.63, 3.8) is 0 Å². The van der Waals surface area contributed by atoms with Gasteiger partial charge in [-0.2, -0.15) is 0 Å². The largest absolute Gasteiger partial charge is 0.497 e. The molecule has 0 radical (unpaired) electrons. The predicted molar refractivity (Wildman–Crippen MR) is 100 cm³/mol. The lowest BCUT2D eigenvalue weighted by molar-refractivity contribution is -0.387. The van der Waals surface area contributed by atoms with Crippen LogP contribution in [0.5, 0.6) is 11.5 Å². The molecule has 0 saturated heterocycles. The number of nitro benzene ring substituents is 1. The van der Waals surface area contributed by atoms with Crippen LogP contribution in [0, 0.1) is 10.1 Å². The number of Topliss-reactive ketones (excluding diaryl/α,β-unsaturated/α-hetero) is 1. The molecular formula is C18H17NO9S. The topological polar surface area (TPSA) is 139 Å². The van der Waals surface area contributed by atoms with Crippen LogP contribution in [0.4, 0.5) is 5.69 Å². The zero-order valence-corrected chi connectivity index (χ0v) is 16.5. The number of esters is 1. The van der Waals surface area contributed by atoms with Crippen LogP contribution in [0.2, 0.25) is 0 Å². The van der Waals surface area contributed by atoms with E-state index in [1.54, 1.807) is 6.07 Å². The smallest absolute Gasteiger partial charge is 0.338 e. The van der Waals surface area contributed by atoms with Crippen LogP contribution in [-0.2, 0) is 14.6 Å². The van der Waals surface area contributed by atoms with E-state index >= 15 is 0 Å². The highest BCUT2D eigenvalue weighted by Gasteiger charge is 2.25. The number of hydrogen-bond acceptors (Lipinski definition) is 9. The molecule has 0 bridgehead atoms. The van der Waals surface area contributed by atoms with Gasteiger partial charge in [0.15, 0.2) is 16.4 Å². The minimum atomic E-state index is -3.87. The Morgan fingerprint density at radius 2 is 1.76 bits per heavy atom. The van der Waals surface area contributed by atoms with E-state index in [2.05, 4.69) is 0 Å². The lowest BCUT2D eigenvalue weighted by Crippen LogP contribution is -2.15. The zero-order chi connectivity index (χ0) is 21.8. The van der Waals surface area contributed by atoms with Gasteiger partial charge in [-0.3, -0.25) is 14.9 Å². The third-order valence-electron chi connectivity index (χ3n) is 3.83. The normalized spacial score (nSPS) is 10.9. The molecule has 0 aliphatic carbocycles. The Labute approximate surface area is 166 Å². The molecule has 0 atom stereocenters. The van der Waals surface area contributed by atoms with E-state index in [9.17, 15) is 28.1 Å². The number of hydrogen-bond donors (Lipinski definition) is 0. The van der Waals surface area contributed by atoms with Gasteiger partial charge in [0.1, 0.15) is 16.4 Å². The maximum absolute atomic E-state index is 12.4. The highest BCUT2D eigenvalue weighted by Crippen LogP contribution is 2.26. The summed E-state index contributed by atoms with van der Waals surface area (Å²) in [5.41, 5.74) is -0.907. The molecule has 0 spiro atoms. The van der Waals surface area contributed by atoms with Crippen molar-refractivity contribution in [3.8, 4) is 11.5 Å². The predicted octanol–water partition coefficient (Wildman–Crippen LogP) is 2.06. The average Bonchev–Trinajstić information content (AvgIpc) is 2.69. The summed E-state index contributed by atoms with van der Waals surface area (Å²) in [6.07, 6.45) is 0.813. The second-order valence-electron chi connectivity index (χ2n) is 5.78. The van der Waals surface area contributed by atoms with Crippen molar-refractivity contribution in [2.45, 2.75) is 4.90 Å². The van der Waals surface area contributed by atoms with Crippen LogP contribution in [0.3, 0.4) is 0 Å². The van der Waals surface area contributed by atoms with Crippen molar-refractivity contribution in [2.75, 3.05) is 27.1 Å². The fourth-order valence-corrected chi connectivity index (χ4v) is 3.25. The summed E-state index contributed by atoms with van der Waals surface area (Å²) in [7, 11) is -1.08. The highest BCUT2D eigenvalue weighted by atomic mass is 32.2. The monoisotopic (exact) mass is 423 g/mol. The Hall–Kier alpha value is -3.47. The van der Waals surface area contributed by atoms with Gasteiger partial charge >= 0.3 is 5.97 Å². The van der Waals surface area contributed by atoms with E-state index in [0.717, 1.165) is 24.5 Å². The number of rotatable bonds is 8. The van der Waals surface area contributed by atoms with Gasteiger partial charge in [-0.25, -0.2) is 13.2 Å². The summed E-state index contributed by atoms with van der Waals surface area (Å²) in [5, 5.41) is 11.1.